The number of benzene rings is 2. The average Bonchev–Trinajstić information content (AvgIpc) is 2.77. The number of carbonyl (C=O) groups is 2. The molecule has 3 rings (SSSR count). The second-order valence-corrected chi connectivity index (χ2v) is 7.19. The summed E-state index contributed by atoms with van der Waals surface area (Å²) in [6, 6.07) is 17.0. The minimum absolute atomic E-state index is 0.191. The van der Waals surface area contributed by atoms with E-state index in [9.17, 15) is 9.59 Å². The van der Waals surface area contributed by atoms with Gasteiger partial charge in [0.05, 0.1) is 0 Å². The molecule has 0 aliphatic carbocycles. The number of piperazine rings is 1. The van der Waals surface area contributed by atoms with Crippen molar-refractivity contribution in [2.75, 3.05) is 44.2 Å². The second-order valence-electron chi connectivity index (χ2n) is 6.75. The maximum atomic E-state index is 12.0. The van der Waals surface area contributed by atoms with E-state index in [0.29, 0.717) is 23.7 Å². The lowest BCUT2D eigenvalue weighted by molar-refractivity contribution is -0.130. The van der Waals surface area contributed by atoms with Crippen LogP contribution in [0.25, 0.3) is 0 Å². The monoisotopic (exact) mass is 416 g/mol. The third kappa shape index (κ3) is 6.96. The Morgan fingerprint density at radius 1 is 0.897 bits per heavy atom. The molecule has 0 radical (unpaired) electrons. The third-order valence-corrected chi connectivity index (χ3v) is 4.93. The molecular weight excluding hydrogens is 392 g/mol. The Labute approximate surface area is 175 Å². The molecule has 154 valence electrons. The van der Waals surface area contributed by atoms with Crippen LogP contribution in [0.3, 0.4) is 0 Å². The van der Waals surface area contributed by atoms with E-state index in [1.165, 1.54) is 5.69 Å². The molecule has 2 N–H and O–H groups in total. The molecule has 2 amide bonds. The molecule has 0 atom stereocenters. The van der Waals surface area contributed by atoms with Crippen molar-refractivity contribution in [1.29, 1.82) is 0 Å². The molecule has 1 saturated heterocycles. The van der Waals surface area contributed by atoms with Gasteiger partial charge < -0.3 is 9.64 Å². The second kappa shape index (κ2) is 10.7. The molecule has 0 bridgehead atoms. The summed E-state index contributed by atoms with van der Waals surface area (Å²) in [7, 11) is 0. The summed E-state index contributed by atoms with van der Waals surface area (Å²) in [6.45, 7) is 4.15. The predicted molar refractivity (Wildman–Crippen MR) is 113 cm³/mol. The number of amides is 2. The van der Waals surface area contributed by atoms with E-state index < -0.39 is 5.91 Å². The van der Waals surface area contributed by atoms with Crippen molar-refractivity contribution in [3.63, 3.8) is 0 Å². The maximum absolute atomic E-state index is 12.0. The molecule has 0 saturated carbocycles. The van der Waals surface area contributed by atoms with Gasteiger partial charge in [0.15, 0.2) is 6.61 Å². The number of hydrogen-bond donors (Lipinski definition) is 2. The number of rotatable bonds is 7. The fraction of sp³-hybridized carbons (Fsp3) is 0.333. The maximum Gasteiger partial charge on any atom is 0.276 e. The van der Waals surface area contributed by atoms with Gasteiger partial charge in [-0.2, -0.15) is 0 Å². The summed E-state index contributed by atoms with van der Waals surface area (Å²) in [4.78, 5) is 28.3. The summed E-state index contributed by atoms with van der Waals surface area (Å²) in [6.07, 6.45) is 0.323. The third-order valence-electron chi connectivity index (χ3n) is 4.67. The van der Waals surface area contributed by atoms with E-state index in [1.54, 1.807) is 24.3 Å². The van der Waals surface area contributed by atoms with Gasteiger partial charge in [-0.05, 0) is 36.4 Å². The normalized spacial score (nSPS) is 14.3. The van der Waals surface area contributed by atoms with E-state index in [0.717, 1.165) is 26.2 Å². The zero-order valence-corrected chi connectivity index (χ0v) is 16.9. The number of ether oxygens (including phenoxy) is 1. The van der Waals surface area contributed by atoms with E-state index in [1.807, 2.05) is 18.2 Å². The largest absolute Gasteiger partial charge is 0.484 e. The van der Waals surface area contributed by atoms with Crippen molar-refractivity contribution in [3.8, 4) is 5.75 Å². The molecule has 0 aromatic heterocycles. The van der Waals surface area contributed by atoms with Crippen molar-refractivity contribution >= 4 is 29.1 Å². The predicted octanol–water partition coefficient (Wildman–Crippen LogP) is 2.08. The highest BCUT2D eigenvalue weighted by molar-refractivity contribution is 6.30. The quantitative estimate of drug-likeness (QED) is 0.676. The fourth-order valence-electron chi connectivity index (χ4n) is 3.05. The van der Waals surface area contributed by atoms with Crippen molar-refractivity contribution in [2.45, 2.75) is 6.42 Å². The summed E-state index contributed by atoms with van der Waals surface area (Å²) in [5.74, 6) is -0.120. The molecule has 29 heavy (non-hydrogen) atoms. The number of carbonyl (C=O) groups excluding carboxylic acids is 2. The smallest absolute Gasteiger partial charge is 0.276 e. The Bertz CT molecular complexity index is 793. The number of nitrogens with zero attached hydrogens (tertiary/aromatic N) is 2. The summed E-state index contributed by atoms with van der Waals surface area (Å²) in [5.41, 5.74) is 6.02. The summed E-state index contributed by atoms with van der Waals surface area (Å²) < 4.78 is 5.32. The van der Waals surface area contributed by atoms with Gasteiger partial charge in [-0.15, -0.1) is 0 Å². The Morgan fingerprint density at radius 2 is 1.55 bits per heavy atom. The lowest BCUT2D eigenvalue weighted by Crippen LogP contribution is -2.48. The van der Waals surface area contributed by atoms with E-state index >= 15 is 0 Å². The van der Waals surface area contributed by atoms with E-state index in [2.05, 4.69) is 32.8 Å². The first-order chi connectivity index (χ1) is 14.1. The number of hydrogen-bond acceptors (Lipinski definition) is 5. The number of hydrazine groups is 1. The molecule has 8 heteroatoms. The molecule has 1 fully saturated rings. The van der Waals surface area contributed by atoms with Crippen LogP contribution in [-0.2, 0) is 9.59 Å². The fourth-order valence-corrected chi connectivity index (χ4v) is 3.17. The summed E-state index contributed by atoms with van der Waals surface area (Å²) >= 11 is 5.79. The van der Waals surface area contributed by atoms with Crippen LogP contribution in [0.5, 0.6) is 5.75 Å². The molecule has 1 heterocycles. The molecule has 2 aromatic rings. The lowest BCUT2D eigenvalue weighted by atomic mass is 10.2. The molecule has 2 aromatic carbocycles. The highest BCUT2D eigenvalue weighted by Crippen LogP contribution is 2.16. The van der Waals surface area contributed by atoms with Crippen LogP contribution < -0.4 is 20.5 Å². The average molecular weight is 417 g/mol. The molecule has 0 unspecified atom stereocenters. The first kappa shape index (κ1) is 21.0. The van der Waals surface area contributed by atoms with Crippen molar-refractivity contribution in [3.05, 3.63) is 59.6 Å². The minimum atomic E-state index is -0.426. The van der Waals surface area contributed by atoms with Crippen LogP contribution in [0.2, 0.25) is 5.02 Å². The van der Waals surface area contributed by atoms with Gasteiger partial charge in [-0.1, -0.05) is 29.8 Å². The highest BCUT2D eigenvalue weighted by Gasteiger charge is 2.17. The number of para-hydroxylation sites is 1. The Kier molecular flexibility index (Phi) is 7.72. The van der Waals surface area contributed by atoms with E-state index in [4.69, 9.17) is 16.3 Å². The first-order valence-electron chi connectivity index (χ1n) is 9.58. The van der Waals surface area contributed by atoms with Gasteiger partial charge in [-0.3, -0.25) is 25.3 Å². The molecule has 1 aliphatic heterocycles. The van der Waals surface area contributed by atoms with Gasteiger partial charge in [0.2, 0.25) is 5.91 Å². The highest BCUT2D eigenvalue weighted by atomic mass is 35.5. The van der Waals surface area contributed by atoms with Crippen LogP contribution in [0.1, 0.15) is 6.42 Å². The first-order valence-corrected chi connectivity index (χ1v) is 9.96. The van der Waals surface area contributed by atoms with E-state index in [-0.39, 0.29) is 12.5 Å². The number of anilines is 1. The van der Waals surface area contributed by atoms with Crippen LogP contribution in [0, 0.1) is 0 Å². The zero-order chi connectivity index (χ0) is 20.5. The lowest BCUT2D eigenvalue weighted by Gasteiger charge is -2.36. The Morgan fingerprint density at radius 3 is 2.24 bits per heavy atom. The number of halogens is 1. The van der Waals surface area contributed by atoms with Crippen LogP contribution in [0.4, 0.5) is 5.69 Å². The zero-order valence-electron chi connectivity index (χ0n) is 16.1. The van der Waals surface area contributed by atoms with Gasteiger partial charge in [0, 0.05) is 49.9 Å². The minimum Gasteiger partial charge on any atom is -0.484 e. The standard InChI is InChI=1S/C21H25ClN4O3/c22-17-6-8-19(9-7-17)29-16-21(28)24-23-20(27)10-11-25-12-14-26(15-13-25)18-4-2-1-3-5-18/h1-9H,10-16H2,(H,23,27)(H,24,28). The van der Waals surface area contributed by atoms with Crippen LogP contribution in [-0.4, -0.2) is 56.0 Å². The van der Waals surface area contributed by atoms with Crippen molar-refractivity contribution in [1.82, 2.24) is 15.8 Å². The summed E-state index contributed by atoms with van der Waals surface area (Å²) in [5, 5.41) is 0.593. The Balaban J connectivity index is 1.28. The molecule has 0 spiro atoms. The molecular formula is C21H25ClN4O3. The van der Waals surface area contributed by atoms with Gasteiger partial charge in [0.25, 0.3) is 5.91 Å². The Hall–Kier alpha value is -2.77. The topological polar surface area (TPSA) is 73.9 Å². The van der Waals surface area contributed by atoms with Crippen LogP contribution in [0.15, 0.2) is 54.6 Å². The molecule has 7 nitrogen and oxygen atoms in total. The van der Waals surface area contributed by atoms with Gasteiger partial charge >= 0.3 is 0 Å². The molecule has 1 aliphatic rings. The SMILES string of the molecule is O=C(CCN1CCN(c2ccccc2)CC1)NNC(=O)COc1ccc(Cl)cc1. The van der Waals surface area contributed by atoms with Crippen molar-refractivity contribution < 1.29 is 14.3 Å². The number of nitrogens with one attached hydrogen (secondary N) is 2. The van der Waals surface area contributed by atoms with Crippen LogP contribution >= 0.6 is 11.6 Å². The van der Waals surface area contributed by atoms with Crippen molar-refractivity contribution in [2.24, 2.45) is 0 Å². The van der Waals surface area contributed by atoms with Gasteiger partial charge in [-0.25, -0.2) is 0 Å². The van der Waals surface area contributed by atoms with Gasteiger partial charge in [0.1, 0.15) is 5.75 Å².